The monoisotopic (exact) mass is 342 g/mol. The van der Waals surface area contributed by atoms with Gasteiger partial charge in [-0.2, -0.15) is 0 Å². The lowest BCUT2D eigenvalue weighted by Crippen LogP contribution is -2.41. The molecule has 24 heavy (non-hydrogen) atoms. The molecule has 0 N–H and O–H groups in total. The zero-order chi connectivity index (χ0) is 16.9. The Labute approximate surface area is 149 Å². The average molecular weight is 343 g/mol. The largest absolute Gasteiger partial charge is 0.306 e. The fraction of sp³-hybridized carbons (Fsp3) is 0.474. The zero-order valence-electron chi connectivity index (χ0n) is 14.8. The molecule has 0 amide bonds. The number of rotatable bonds is 5. The van der Waals surface area contributed by atoms with E-state index in [2.05, 4.69) is 58.1 Å². The minimum atomic E-state index is 0.743. The highest BCUT2D eigenvalue weighted by molar-refractivity contribution is 7.98. The predicted molar refractivity (Wildman–Crippen MR) is 101 cm³/mol. The van der Waals surface area contributed by atoms with Crippen LogP contribution in [-0.4, -0.2) is 59.3 Å². The van der Waals surface area contributed by atoms with Gasteiger partial charge in [-0.1, -0.05) is 36.0 Å². The highest BCUT2D eigenvalue weighted by atomic mass is 32.2. The van der Waals surface area contributed by atoms with Crippen molar-refractivity contribution in [2.75, 3.05) is 33.4 Å². The summed E-state index contributed by atoms with van der Waals surface area (Å²) in [4.78, 5) is 13.7. The molecular weight excluding hydrogens is 316 g/mol. The average Bonchev–Trinajstić information content (AvgIpc) is 2.63. The SMILES string of the molecule is CSc1nccc(-c2ccc(CN3CCC(N(C)C)CC3)cc2)n1. The summed E-state index contributed by atoms with van der Waals surface area (Å²) < 4.78 is 0. The number of nitrogens with zero attached hydrogens (tertiary/aromatic N) is 4. The van der Waals surface area contributed by atoms with E-state index in [0.29, 0.717) is 0 Å². The molecule has 0 aliphatic carbocycles. The summed E-state index contributed by atoms with van der Waals surface area (Å²) in [7, 11) is 4.38. The van der Waals surface area contributed by atoms with E-state index in [4.69, 9.17) is 0 Å². The van der Waals surface area contributed by atoms with Crippen LogP contribution in [0.5, 0.6) is 0 Å². The van der Waals surface area contributed by atoms with Gasteiger partial charge >= 0.3 is 0 Å². The van der Waals surface area contributed by atoms with Crippen LogP contribution >= 0.6 is 11.8 Å². The van der Waals surface area contributed by atoms with E-state index in [1.807, 2.05) is 18.5 Å². The van der Waals surface area contributed by atoms with Gasteiger partial charge in [0.1, 0.15) is 0 Å². The molecule has 0 bridgehead atoms. The molecule has 3 rings (SSSR count). The Balaban J connectivity index is 1.61. The van der Waals surface area contributed by atoms with Crippen molar-refractivity contribution < 1.29 is 0 Å². The molecule has 5 heteroatoms. The van der Waals surface area contributed by atoms with Gasteiger partial charge in [0.05, 0.1) is 5.69 Å². The third-order valence-electron chi connectivity index (χ3n) is 4.76. The number of likely N-dealkylation sites (tertiary alicyclic amines) is 1. The maximum atomic E-state index is 4.57. The molecular formula is C19H26N4S. The van der Waals surface area contributed by atoms with Crippen LogP contribution in [0, 0.1) is 0 Å². The van der Waals surface area contributed by atoms with Gasteiger partial charge in [0.15, 0.2) is 5.16 Å². The van der Waals surface area contributed by atoms with Crippen LogP contribution in [0.3, 0.4) is 0 Å². The van der Waals surface area contributed by atoms with Crippen LogP contribution in [0.1, 0.15) is 18.4 Å². The van der Waals surface area contributed by atoms with Gasteiger partial charge in [0.25, 0.3) is 0 Å². The summed E-state index contributed by atoms with van der Waals surface area (Å²) in [6.45, 7) is 3.42. The van der Waals surface area contributed by atoms with E-state index < -0.39 is 0 Å². The first-order valence-corrected chi connectivity index (χ1v) is 9.73. The molecule has 4 nitrogen and oxygen atoms in total. The molecule has 1 aliphatic rings. The lowest BCUT2D eigenvalue weighted by Gasteiger charge is -2.35. The molecule has 1 aromatic heterocycles. The fourth-order valence-corrected chi connectivity index (χ4v) is 3.59. The Bertz CT molecular complexity index is 649. The summed E-state index contributed by atoms with van der Waals surface area (Å²) in [6.07, 6.45) is 6.37. The molecule has 0 spiro atoms. The zero-order valence-corrected chi connectivity index (χ0v) is 15.6. The maximum absolute atomic E-state index is 4.57. The number of benzene rings is 1. The summed E-state index contributed by atoms with van der Waals surface area (Å²) >= 11 is 1.57. The van der Waals surface area contributed by atoms with Gasteiger partial charge < -0.3 is 4.90 Å². The number of thioether (sulfide) groups is 1. The molecule has 2 aromatic rings. The number of piperidine rings is 1. The van der Waals surface area contributed by atoms with Gasteiger partial charge in [0, 0.05) is 24.3 Å². The van der Waals surface area contributed by atoms with Gasteiger partial charge in [-0.25, -0.2) is 9.97 Å². The van der Waals surface area contributed by atoms with Crippen LogP contribution in [-0.2, 0) is 6.54 Å². The Morgan fingerprint density at radius 2 is 1.83 bits per heavy atom. The Hall–Kier alpha value is -1.43. The second kappa shape index (κ2) is 8.10. The highest BCUT2D eigenvalue weighted by Gasteiger charge is 2.20. The third-order valence-corrected chi connectivity index (χ3v) is 5.32. The van der Waals surface area contributed by atoms with E-state index in [-0.39, 0.29) is 0 Å². The highest BCUT2D eigenvalue weighted by Crippen LogP contribution is 2.21. The Morgan fingerprint density at radius 1 is 1.12 bits per heavy atom. The maximum Gasteiger partial charge on any atom is 0.187 e. The third kappa shape index (κ3) is 4.35. The first-order chi connectivity index (χ1) is 11.7. The standard InChI is InChI=1S/C19H26N4S/c1-22(2)17-9-12-23(13-10-17)14-15-4-6-16(7-5-15)18-8-11-20-19(21-18)24-3/h4-8,11,17H,9-10,12-14H2,1-3H3. The molecule has 1 fully saturated rings. The van der Waals surface area contributed by atoms with Crippen molar-refractivity contribution in [2.24, 2.45) is 0 Å². The van der Waals surface area contributed by atoms with Crippen LogP contribution in [0.2, 0.25) is 0 Å². The number of hydrogen-bond donors (Lipinski definition) is 0. The Morgan fingerprint density at radius 3 is 2.46 bits per heavy atom. The number of hydrogen-bond acceptors (Lipinski definition) is 5. The minimum Gasteiger partial charge on any atom is -0.306 e. The van der Waals surface area contributed by atoms with E-state index in [1.54, 1.807) is 11.8 Å². The molecule has 0 unspecified atom stereocenters. The molecule has 1 saturated heterocycles. The Kier molecular flexibility index (Phi) is 5.87. The first-order valence-electron chi connectivity index (χ1n) is 8.51. The fourth-order valence-electron chi connectivity index (χ4n) is 3.23. The van der Waals surface area contributed by atoms with E-state index in [1.165, 1.54) is 31.5 Å². The molecule has 0 radical (unpaired) electrons. The summed E-state index contributed by atoms with van der Waals surface area (Å²) in [5.41, 5.74) is 3.52. The second-order valence-corrected chi connectivity index (χ2v) is 7.37. The van der Waals surface area contributed by atoms with Crippen molar-refractivity contribution in [3.05, 3.63) is 42.1 Å². The van der Waals surface area contributed by atoms with E-state index >= 15 is 0 Å². The van der Waals surface area contributed by atoms with Crippen molar-refractivity contribution in [3.8, 4) is 11.3 Å². The predicted octanol–water partition coefficient (Wildman–Crippen LogP) is 3.39. The lowest BCUT2D eigenvalue weighted by molar-refractivity contribution is 0.140. The molecule has 2 heterocycles. The molecule has 0 saturated carbocycles. The molecule has 128 valence electrons. The van der Waals surface area contributed by atoms with Crippen molar-refractivity contribution in [2.45, 2.75) is 30.6 Å². The quantitative estimate of drug-likeness (QED) is 0.614. The van der Waals surface area contributed by atoms with Gasteiger partial charge in [-0.15, -0.1) is 0 Å². The number of aromatic nitrogens is 2. The van der Waals surface area contributed by atoms with E-state index in [0.717, 1.165) is 29.0 Å². The van der Waals surface area contributed by atoms with Crippen LogP contribution < -0.4 is 0 Å². The smallest absolute Gasteiger partial charge is 0.187 e. The minimum absolute atomic E-state index is 0.743. The van der Waals surface area contributed by atoms with Crippen molar-refractivity contribution in [1.29, 1.82) is 0 Å². The van der Waals surface area contributed by atoms with Gasteiger partial charge in [-0.05, 0) is 57.9 Å². The summed E-state index contributed by atoms with van der Waals surface area (Å²) in [6, 6.07) is 11.5. The summed E-state index contributed by atoms with van der Waals surface area (Å²) in [5.74, 6) is 0. The molecule has 0 atom stereocenters. The van der Waals surface area contributed by atoms with Crippen molar-refractivity contribution in [3.63, 3.8) is 0 Å². The first kappa shape index (κ1) is 17.4. The normalized spacial score (nSPS) is 16.7. The van der Waals surface area contributed by atoms with E-state index in [9.17, 15) is 0 Å². The lowest BCUT2D eigenvalue weighted by atomic mass is 10.0. The van der Waals surface area contributed by atoms with Crippen LogP contribution in [0.25, 0.3) is 11.3 Å². The summed E-state index contributed by atoms with van der Waals surface area (Å²) in [5, 5.41) is 0.820. The van der Waals surface area contributed by atoms with Crippen LogP contribution in [0.15, 0.2) is 41.7 Å². The second-order valence-electron chi connectivity index (χ2n) is 6.60. The van der Waals surface area contributed by atoms with Crippen molar-refractivity contribution in [1.82, 2.24) is 19.8 Å². The topological polar surface area (TPSA) is 32.3 Å². The van der Waals surface area contributed by atoms with Crippen LogP contribution in [0.4, 0.5) is 0 Å². The van der Waals surface area contributed by atoms with Crippen molar-refractivity contribution >= 4 is 11.8 Å². The van der Waals surface area contributed by atoms with Gasteiger partial charge in [0.2, 0.25) is 0 Å². The molecule has 1 aromatic carbocycles. The molecule has 1 aliphatic heterocycles. The van der Waals surface area contributed by atoms with Gasteiger partial charge in [-0.3, -0.25) is 4.90 Å².